The van der Waals surface area contributed by atoms with Gasteiger partial charge in [0.1, 0.15) is 22.4 Å². The number of piperidine rings is 1. The summed E-state index contributed by atoms with van der Waals surface area (Å²) >= 11 is 1.08. The van der Waals surface area contributed by atoms with E-state index in [2.05, 4.69) is 66.3 Å². The second-order valence-corrected chi connectivity index (χ2v) is 18.1. The maximum atomic E-state index is 13.2. The van der Waals surface area contributed by atoms with Gasteiger partial charge in [-0.25, -0.2) is 18.1 Å². The number of sulfonamides is 1. The lowest BCUT2D eigenvalue weighted by atomic mass is 9.86. The van der Waals surface area contributed by atoms with E-state index in [1.807, 2.05) is 6.07 Å². The van der Waals surface area contributed by atoms with Crippen LogP contribution in [-0.2, 0) is 29.5 Å². The van der Waals surface area contributed by atoms with Gasteiger partial charge in [0, 0.05) is 67.0 Å². The van der Waals surface area contributed by atoms with E-state index in [0.717, 1.165) is 67.8 Å². The standard InChI is InChI=1S/C36H46F3N9O2S2/c1-23(46-11-7-28(8-12-46)52(49,50)42-4)19-48-26(18-40)15-29-24(2)25(5-6-31(29)48)20-45-13-9-35(21-45)10-14-47(22-35)32-30-16-27(17-36(37,38)39)51-33(30)44-34(41-3)43-32/h5-6,15-16,23,28,42H,7-14,17,19-22H2,1-4H3,(H,41,43,44)/t23-,35?/m0/s1. The van der Waals surface area contributed by atoms with Crippen molar-refractivity contribution in [2.45, 2.75) is 76.5 Å². The topological polar surface area (TPSA) is 122 Å². The first-order chi connectivity index (χ1) is 24.7. The van der Waals surface area contributed by atoms with Crippen LogP contribution in [0.25, 0.3) is 21.1 Å². The number of hydrogen-bond donors (Lipinski definition) is 2. The molecule has 3 aliphatic rings. The quantitative estimate of drug-likeness (QED) is 0.217. The summed E-state index contributed by atoms with van der Waals surface area (Å²) in [6, 6.07) is 10.5. The molecule has 1 aromatic carbocycles. The molecular weight excluding hydrogens is 712 g/mol. The summed E-state index contributed by atoms with van der Waals surface area (Å²) in [5.41, 5.74) is 4.12. The number of alkyl halides is 3. The van der Waals surface area contributed by atoms with Crippen molar-refractivity contribution >= 4 is 54.2 Å². The second-order valence-electron chi connectivity index (χ2n) is 14.8. The molecule has 1 spiro atoms. The molecular formula is C36H46F3N9O2S2. The molecule has 2 N–H and O–H groups in total. The molecule has 4 aromatic rings. The lowest BCUT2D eigenvalue weighted by molar-refractivity contribution is -0.126. The summed E-state index contributed by atoms with van der Waals surface area (Å²) in [6.07, 6.45) is -2.06. The maximum absolute atomic E-state index is 13.2. The van der Waals surface area contributed by atoms with Gasteiger partial charge in [-0.3, -0.25) is 9.80 Å². The minimum atomic E-state index is -4.28. The van der Waals surface area contributed by atoms with Gasteiger partial charge in [-0.1, -0.05) is 6.07 Å². The lowest BCUT2D eigenvalue weighted by Crippen LogP contribution is -2.46. The number of nitrogens with zero attached hydrogens (tertiary/aromatic N) is 7. The maximum Gasteiger partial charge on any atom is 0.393 e. The number of nitriles is 1. The highest BCUT2D eigenvalue weighted by Crippen LogP contribution is 2.44. The van der Waals surface area contributed by atoms with E-state index < -0.39 is 22.6 Å². The molecule has 0 bridgehead atoms. The number of fused-ring (bicyclic) bond motifs is 2. The van der Waals surface area contributed by atoms with Crippen LogP contribution in [-0.4, -0.2) is 104 Å². The van der Waals surface area contributed by atoms with Crippen molar-refractivity contribution in [2.75, 3.05) is 63.6 Å². The van der Waals surface area contributed by atoms with E-state index in [-0.39, 0.29) is 21.6 Å². The number of anilines is 2. The molecule has 280 valence electrons. The zero-order valence-electron chi connectivity index (χ0n) is 30.1. The van der Waals surface area contributed by atoms with Crippen molar-refractivity contribution in [1.29, 1.82) is 5.26 Å². The number of rotatable bonds is 10. The normalized spacial score (nSPS) is 21.5. The minimum Gasteiger partial charge on any atom is -0.357 e. The number of aryl methyl sites for hydroxylation is 1. The number of nitrogens with one attached hydrogen (secondary N) is 2. The Labute approximate surface area is 306 Å². The monoisotopic (exact) mass is 757 g/mol. The van der Waals surface area contributed by atoms with Gasteiger partial charge >= 0.3 is 6.18 Å². The highest BCUT2D eigenvalue weighted by Gasteiger charge is 2.44. The summed E-state index contributed by atoms with van der Waals surface area (Å²) in [5.74, 6) is 1.11. The van der Waals surface area contributed by atoms with Crippen molar-refractivity contribution in [1.82, 2.24) is 29.1 Å². The average molecular weight is 758 g/mol. The smallest absolute Gasteiger partial charge is 0.357 e. The molecule has 3 aliphatic heterocycles. The number of hydrogen-bond acceptors (Lipinski definition) is 10. The van der Waals surface area contributed by atoms with Gasteiger partial charge in [-0.05, 0) is 95.5 Å². The van der Waals surface area contributed by atoms with E-state index in [1.54, 1.807) is 13.1 Å². The molecule has 1 unspecified atom stereocenters. The van der Waals surface area contributed by atoms with Gasteiger partial charge in [-0.15, -0.1) is 11.3 Å². The average Bonchev–Trinajstić information content (AvgIpc) is 3.90. The lowest BCUT2D eigenvalue weighted by Gasteiger charge is -2.36. The van der Waals surface area contributed by atoms with Crippen LogP contribution in [0.1, 0.15) is 54.3 Å². The number of aromatic nitrogens is 3. The third-order valence-electron chi connectivity index (χ3n) is 11.5. The van der Waals surface area contributed by atoms with Crippen LogP contribution >= 0.6 is 11.3 Å². The molecule has 52 heavy (non-hydrogen) atoms. The SMILES string of the molecule is CNc1nc(N2CCC3(CCN(Cc4ccc5c(cc(C#N)n5C[C@H](C)N5CCC(S(=O)(=O)NC)CC5)c4C)C3)C2)c2cc(CC(F)(F)F)sc2n1. The van der Waals surface area contributed by atoms with E-state index in [9.17, 15) is 26.9 Å². The zero-order valence-corrected chi connectivity index (χ0v) is 31.7. The highest BCUT2D eigenvalue weighted by atomic mass is 32.2. The fourth-order valence-corrected chi connectivity index (χ4v) is 10.8. The van der Waals surface area contributed by atoms with Gasteiger partial charge in [0.25, 0.3) is 0 Å². The van der Waals surface area contributed by atoms with Crippen LogP contribution in [0, 0.1) is 23.7 Å². The molecule has 3 aromatic heterocycles. The predicted octanol–water partition coefficient (Wildman–Crippen LogP) is 5.48. The van der Waals surface area contributed by atoms with Gasteiger partial charge in [0.05, 0.1) is 17.1 Å². The molecule has 2 atom stereocenters. The first-order valence-electron chi connectivity index (χ1n) is 17.9. The Morgan fingerprint density at radius 1 is 1.08 bits per heavy atom. The Bertz CT molecular complexity index is 2120. The Balaban J connectivity index is 1.03. The Hall–Kier alpha value is -3.49. The molecule has 0 amide bonds. The summed E-state index contributed by atoms with van der Waals surface area (Å²) in [7, 11) is -0.0861. The molecule has 11 nitrogen and oxygen atoms in total. The van der Waals surface area contributed by atoms with E-state index >= 15 is 0 Å². The Kier molecular flexibility index (Phi) is 9.96. The first-order valence-corrected chi connectivity index (χ1v) is 20.3. The van der Waals surface area contributed by atoms with Gasteiger partial charge < -0.3 is 14.8 Å². The van der Waals surface area contributed by atoms with Crippen molar-refractivity contribution in [3.05, 3.63) is 46.0 Å². The van der Waals surface area contributed by atoms with Crippen molar-refractivity contribution in [3.63, 3.8) is 0 Å². The number of halogens is 3. The van der Waals surface area contributed by atoms with Crippen LogP contribution in [0.15, 0.2) is 24.3 Å². The molecule has 3 fully saturated rings. The molecule has 16 heteroatoms. The highest BCUT2D eigenvalue weighted by molar-refractivity contribution is 7.90. The number of benzene rings is 1. The van der Waals surface area contributed by atoms with Gasteiger partial charge in [0.2, 0.25) is 16.0 Å². The Morgan fingerprint density at radius 2 is 1.83 bits per heavy atom. The zero-order chi connectivity index (χ0) is 37.0. The molecule has 0 radical (unpaired) electrons. The van der Waals surface area contributed by atoms with Crippen LogP contribution in [0.3, 0.4) is 0 Å². The second kappa shape index (κ2) is 14.1. The van der Waals surface area contributed by atoms with Crippen molar-refractivity contribution in [3.8, 4) is 6.07 Å². The first kappa shape index (κ1) is 36.9. The fraction of sp³-hybridized carbons (Fsp3) is 0.583. The van der Waals surface area contributed by atoms with Crippen LogP contribution in [0.5, 0.6) is 0 Å². The van der Waals surface area contributed by atoms with Gasteiger partial charge in [0.15, 0.2) is 0 Å². The largest absolute Gasteiger partial charge is 0.393 e. The summed E-state index contributed by atoms with van der Waals surface area (Å²) in [6.45, 7) is 10.6. The Morgan fingerprint density at radius 3 is 2.52 bits per heavy atom. The number of likely N-dealkylation sites (tertiary alicyclic amines) is 2. The van der Waals surface area contributed by atoms with E-state index in [1.165, 1.54) is 18.2 Å². The fourth-order valence-electron chi connectivity index (χ4n) is 8.60. The number of thiophene rings is 1. The van der Waals surface area contributed by atoms with Crippen molar-refractivity contribution in [2.24, 2.45) is 5.41 Å². The van der Waals surface area contributed by atoms with E-state index in [4.69, 9.17) is 4.98 Å². The van der Waals surface area contributed by atoms with E-state index in [0.29, 0.717) is 60.2 Å². The van der Waals surface area contributed by atoms with Crippen LogP contribution in [0.4, 0.5) is 24.9 Å². The van der Waals surface area contributed by atoms with Crippen molar-refractivity contribution < 1.29 is 21.6 Å². The third kappa shape index (κ3) is 7.22. The summed E-state index contributed by atoms with van der Waals surface area (Å²) in [4.78, 5) is 17.1. The third-order valence-corrected chi connectivity index (χ3v) is 14.5. The molecule has 6 heterocycles. The summed E-state index contributed by atoms with van der Waals surface area (Å²) in [5, 5.41) is 14.5. The van der Waals surface area contributed by atoms with Crippen LogP contribution < -0.4 is 14.9 Å². The predicted molar refractivity (Wildman–Crippen MR) is 199 cm³/mol. The molecule has 3 saturated heterocycles. The van der Waals surface area contributed by atoms with Gasteiger partial charge in [-0.2, -0.15) is 23.4 Å². The minimum absolute atomic E-state index is 0.0685. The summed E-state index contributed by atoms with van der Waals surface area (Å²) < 4.78 is 68.8. The molecule has 7 rings (SSSR count). The van der Waals surface area contributed by atoms with Crippen LogP contribution in [0.2, 0.25) is 0 Å². The molecule has 0 aliphatic carbocycles. The molecule has 0 saturated carbocycles.